The molecule has 4 aliphatic rings. The van der Waals surface area contributed by atoms with Crippen molar-refractivity contribution in [2.45, 2.75) is 62.2 Å². The molecular weight excluding hydrogens is 288 g/mol. The van der Waals surface area contributed by atoms with Gasteiger partial charge in [0.1, 0.15) is 0 Å². The van der Waals surface area contributed by atoms with Crippen LogP contribution in [0.2, 0.25) is 0 Å². The predicted octanol–water partition coefficient (Wildman–Crippen LogP) is 4.11. The largest absolute Gasteiger partial charge is 0.267 e. The molecule has 2 atom stereocenters. The van der Waals surface area contributed by atoms with E-state index in [1.807, 2.05) is 6.20 Å². The highest BCUT2D eigenvalue weighted by Crippen LogP contribution is 2.71. The Hall–Kier alpha value is -0.310. The lowest BCUT2D eigenvalue weighted by molar-refractivity contribution is -0.125. The normalized spacial score (nSPS) is 53.9. The summed E-state index contributed by atoms with van der Waals surface area (Å²) in [6.45, 7) is 4.99. The molecule has 0 aromatic carbocycles. The summed E-state index contributed by atoms with van der Waals surface area (Å²) in [7, 11) is 0. The number of aromatic nitrogens is 2. The first-order valence-corrected chi connectivity index (χ1v) is 7.83. The highest BCUT2D eigenvalue weighted by molar-refractivity contribution is 9.10. The van der Waals surface area contributed by atoms with Crippen LogP contribution in [0, 0.1) is 10.8 Å². The van der Waals surface area contributed by atoms with Crippen molar-refractivity contribution in [1.82, 2.24) is 9.78 Å². The molecule has 0 radical (unpaired) electrons. The van der Waals surface area contributed by atoms with Crippen molar-refractivity contribution in [3.8, 4) is 0 Å². The number of nitrogens with zero attached hydrogens (tertiary/aromatic N) is 2. The molecule has 0 aliphatic heterocycles. The van der Waals surface area contributed by atoms with E-state index in [1.54, 1.807) is 0 Å². The van der Waals surface area contributed by atoms with Crippen LogP contribution >= 0.6 is 15.9 Å². The van der Waals surface area contributed by atoms with Gasteiger partial charge in [-0.25, -0.2) is 0 Å². The quantitative estimate of drug-likeness (QED) is 0.714. The zero-order valence-electron chi connectivity index (χ0n) is 11.2. The summed E-state index contributed by atoms with van der Waals surface area (Å²) in [5.74, 6) is 0. The highest BCUT2D eigenvalue weighted by atomic mass is 79.9. The second-order valence-electron chi connectivity index (χ2n) is 8.01. The fraction of sp³-hybridized carbons (Fsp3) is 0.800. The molecule has 5 rings (SSSR count). The van der Waals surface area contributed by atoms with E-state index in [1.165, 1.54) is 38.5 Å². The van der Waals surface area contributed by atoms with E-state index >= 15 is 0 Å². The molecule has 0 amide bonds. The number of hydrogen-bond donors (Lipinski definition) is 0. The van der Waals surface area contributed by atoms with Gasteiger partial charge in [-0.05, 0) is 55.4 Å². The van der Waals surface area contributed by atoms with Crippen molar-refractivity contribution >= 4 is 15.9 Å². The summed E-state index contributed by atoms with van der Waals surface area (Å²) in [5.41, 5.74) is 1.27. The molecule has 0 N–H and O–H groups in total. The van der Waals surface area contributed by atoms with Gasteiger partial charge in [0.2, 0.25) is 0 Å². The molecule has 2 unspecified atom stereocenters. The van der Waals surface area contributed by atoms with E-state index in [0.717, 1.165) is 0 Å². The fourth-order valence-electron chi connectivity index (χ4n) is 6.28. The molecule has 1 heterocycles. The zero-order valence-corrected chi connectivity index (χ0v) is 12.8. The van der Waals surface area contributed by atoms with Gasteiger partial charge in [0.05, 0.1) is 5.54 Å². The second-order valence-corrected chi connectivity index (χ2v) is 9.69. The van der Waals surface area contributed by atoms with E-state index in [4.69, 9.17) is 0 Å². The van der Waals surface area contributed by atoms with Crippen molar-refractivity contribution in [3.63, 3.8) is 0 Å². The summed E-state index contributed by atoms with van der Waals surface area (Å²) in [6, 6.07) is 2.07. The van der Waals surface area contributed by atoms with Crippen LogP contribution in [-0.4, -0.2) is 14.1 Å². The molecule has 4 fully saturated rings. The Kier molecular flexibility index (Phi) is 1.95. The van der Waals surface area contributed by atoms with Gasteiger partial charge in [-0.1, -0.05) is 29.8 Å². The molecular formula is C15H21BrN2. The maximum absolute atomic E-state index is 4.60. The SMILES string of the molecule is CC12CC3(C)CC(Br)(C1)CC(n1cccn1)(C2)C3. The highest BCUT2D eigenvalue weighted by Gasteiger charge is 2.65. The average Bonchev–Trinajstić information content (AvgIpc) is 2.60. The summed E-state index contributed by atoms with van der Waals surface area (Å²) in [4.78, 5) is 0. The van der Waals surface area contributed by atoms with Gasteiger partial charge in [0.25, 0.3) is 0 Å². The molecule has 3 heteroatoms. The van der Waals surface area contributed by atoms with Crippen molar-refractivity contribution in [1.29, 1.82) is 0 Å². The smallest absolute Gasteiger partial charge is 0.0651 e. The molecule has 0 saturated heterocycles. The van der Waals surface area contributed by atoms with Gasteiger partial charge in [0.15, 0.2) is 0 Å². The van der Waals surface area contributed by atoms with Gasteiger partial charge >= 0.3 is 0 Å². The lowest BCUT2D eigenvalue weighted by Crippen LogP contribution is -2.64. The Bertz CT molecular complexity index is 439. The molecule has 1 aromatic heterocycles. The minimum atomic E-state index is 0.269. The Morgan fingerprint density at radius 2 is 1.67 bits per heavy atom. The minimum absolute atomic E-state index is 0.269. The van der Waals surface area contributed by atoms with Gasteiger partial charge in [-0.3, -0.25) is 4.68 Å². The van der Waals surface area contributed by atoms with E-state index < -0.39 is 0 Å². The molecule has 1 aromatic rings. The minimum Gasteiger partial charge on any atom is -0.267 e. The third kappa shape index (κ3) is 1.43. The average molecular weight is 309 g/mol. The Balaban J connectivity index is 1.87. The molecule has 2 nitrogen and oxygen atoms in total. The lowest BCUT2D eigenvalue weighted by Gasteiger charge is -2.68. The first-order chi connectivity index (χ1) is 8.35. The van der Waals surface area contributed by atoms with Crippen LogP contribution in [0.25, 0.3) is 0 Å². The third-order valence-corrected chi connectivity index (χ3v) is 6.33. The molecule has 4 aliphatic carbocycles. The summed E-state index contributed by atoms with van der Waals surface area (Å²) in [5, 5.41) is 4.60. The lowest BCUT2D eigenvalue weighted by atomic mass is 9.42. The van der Waals surface area contributed by atoms with Crippen molar-refractivity contribution in [3.05, 3.63) is 18.5 Å². The molecule has 98 valence electrons. The molecule has 0 spiro atoms. The van der Waals surface area contributed by atoms with E-state index in [2.05, 4.69) is 51.8 Å². The van der Waals surface area contributed by atoms with Crippen molar-refractivity contribution in [2.75, 3.05) is 0 Å². The monoisotopic (exact) mass is 308 g/mol. The van der Waals surface area contributed by atoms with Crippen molar-refractivity contribution in [2.24, 2.45) is 10.8 Å². The van der Waals surface area contributed by atoms with Gasteiger partial charge in [0, 0.05) is 16.7 Å². The van der Waals surface area contributed by atoms with E-state index in [-0.39, 0.29) is 5.54 Å². The Morgan fingerprint density at radius 1 is 1.00 bits per heavy atom. The van der Waals surface area contributed by atoms with Crippen LogP contribution in [0.15, 0.2) is 18.5 Å². The van der Waals surface area contributed by atoms with Crippen LogP contribution in [-0.2, 0) is 5.54 Å². The first-order valence-electron chi connectivity index (χ1n) is 7.04. The summed E-state index contributed by atoms with van der Waals surface area (Å²) in [6.07, 6.45) is 12.1. The number of hydrogen-bond acceptors (Lipinski definition) is 1. The first kappa shape index (κ1) is 11.5. The zero-order chi connectivity index (χ0) is 12.6. The Morgan fingerprint density at radius 3 is 2.17 bits per heavy atom. The number of alkyl halides is 1. The van der Waals surface area contributed by atoms with Crippen molar-refractivity contribution < 1.29 is 0 Å². The standard InChI is InChI=1S/C15H21BrN2/c1-12-6-13(2)8-14(16,7-12)11-15(9-12,10-13)18-5-3-4-17-18/h3-5H,6-11H2,1-2H3. The van der Waals surface area contributed by atoms with Crippen LogP contribution in [0.4, 0.5) is 0 Å². The van der Waals surface area contributed by atoms with Gasteiger partial charge in [-0.15, -0.1) is 0 Å². The van der Waals surface area contributed by atoms with Gasteiger partial charge < -0.3 is 0 Å². The number of halogens is 1. The Labute approximate surface area is 117 Å². The second kappa shape index (κ2) is 3.05. The topological polar surface area (TPSA) is 17.8 Å². The maximum atomic E-state index is 4.60. The number of rotatable bonds is 1. The molecule has 18 heavy (non-hydrogen) atoms. The fourth-order valence-corrected chi connectivity index (χ4v) is 8.16. The van der Waals surface area contributed by atoms with Crippen LogP contribution in [0.3, 0.4) is 0 Å². The third-order valence-electron chi connectivity index (χ3n) is 5.49. The van der Waals surface area contributed by atoms with Crippen LogP contribution < -0.4 is 0 Å². The maximum Gasteiger partial charge on any atom is 0.0651 e. The van der Waals surface area contributed by atoms with E-state index in [0.29, 0.717) is 15.2 Å². The van der Waals surface area contributed by atoms with E-state index in [9.17, 15) is 0 Å². The molecule has 4 saturated carbocycles. The van der Waals surface area contributed by atoms with Gasteiger partial charge in [-0.2, -0.15) is 5.10 Å². The summed E-state index contributed by atoms with van der Waals surface area (Å²) >= 11 is 4.11. The van der Waals surface area contributed by atoms with Crippen LogP contribution in [0.1, 0.15) is 52.4 Å². The van der Waals surface area contributed by atoms with Crippen LogP contribution in [0.5, 0.6) is 0 Å². The molecule has 4 bridgehead atoms. The predicted molar refractivity (Wildman–Crippen MR) is 75.8 cm³/mol. The summed E-state index contributed by atoms with van der Waals surface area (Å²) < 4.78 is 2.63.